The molecule has 0 N–H and O–H groups in total. The van der Waals surface area contributed by atoms with Crippen molar-refractivity contribution in [3.63, 3.8) is 0 Å². The lowest BCUT2D eigenvalue weighted by Gasteiger charge is -2.22. The van der Waals surface area contributed by atoms with Crippen LogP contribution in [0.5, 0.6) is 17.2 Å². The van der Waals surface area contributed by atoms with Gasteiger partial charge in [0.1, 0.15) is 11.9 Å². The van der Waals surface area contributed by atoms with E-state index in [9.17, 15) is 0 Å². The van der Waals surface area contributed by atoms with Crippen molar-refractivity contribution in [3.05, 3.63) is 24.0 Å². The molecule has 0 saturated heterocycles. The van der Waals surface area contributed by atoms with E-state index in [0.29, 0.717) is 17.1 Å². The number of benzene rings is 1. The molecule has 0 fully saturated rings. The van der Waals surface area contributed by atoms with Gasteiger partial charge in [0.05, 0.1) is 31.4 Å². The highest BCUT2D eigenvalue weighted by molar-refractivity contribution is 5.96. The van der Waals surface area contributed by atoms with Crippen LogP contribution in [0, 0.1) is 0 Å². The van der Waals surface area contributed by atoms with Crippen LogP contribution in [0.15, 0.2) is 22.8 Å². The van der Waals surface area contributed by atoms with Crippen LogP contribution in [0.25, 0.3) is 17.0 Å². The predicted octanol–water partition coefficient (Wildman–Crippen LogP) is 3.24. The number of hydrogen-bond donors (Lipinski definition) is 0. The van der Waals surface area contributed by atoms with Crippen molar-refractivity contribution in [1.29, 1.82) is 0 Å². The average molecular weight is 246 g/mol. The van der Waals surface area contributed by atoms with Crippen LogP contribution in [0.3, 0.4) is 0 Å². The Kier molecular flexibility index (Phi) is 2.44. The van der Waals surface area contributed by atoms with E-state index in [4.69, 9.17) is 18.6 Å². The highest BCUT2D eigenvalue weighted by Gasteiger charge is 2.26. The van der Waals surface area contributed by atoms with Crippen molar-refractivity contribution >= 4 is 17.0 Å². The van der Waals surface area contributed by atoms with E-state index in [1.165, 1.54) is 0 Å². The van der Waals surface area contributed by atoms with Gasteiger partial charge in [-0.15, -0.1) is 0 Å². The summed E-state index contributed by atoms with van der Waals surface area (Å²) in [4.78, 5) is 0. The zero-order valence-corrected chi connectivity index (χ0v) is 10.5. The van der Waals surface area contributed by atoms with E-state index in [1.807, 2.05) is 25.1 Å². The smallest absolute Gasteiger partial charge is 0.205 e. The van der Waals surface area contributed by atoms with Crippen molar-refractivity contribution in [2.45, 2.75) is 13.0 Å². The fourth-order valence-electron chi connectivity index (χ4n) is 2.27. The summed E-state index contributed by atoms with van der Waals surface area (Å²) < 4.78 is 22.2. The van der Waals surface area contributed by atoms with Gasteiger partial charge in [-0.3, -0.25) is 0 Å². The molecule has 4 nitrogen and oxygen atoms in total. The maximum Gasteiger partial charge on any atom is 0.205 e. The van der Waals surface area contributed by atoms with Crippen molar-refractivity contribution in [1.82, 2.24) is 0 Å². The van der Waals surface area contributed by atoms with E-state index in [1.54, 1.807) is 20.5 Å². The molecule has 0 saturated carbocycles. The van der Waals surface area contributed by atoms with Crippen molar-refractivity contribution < 1.29 is 18.6 Å². The van der Waals surface area contributed by atoms with E-state index in [0.717, 1.165) is 16.7 Å². The van der Waals surface area contributed by atoms with E-state index < -0.39 is 0 Å². The van der Waals surface area contributed by atoms with Gasteiger partial charge in [0, 0.05) is 0 Å². The Morgan fingerprint density at radius 2 is 1.94 bits per heavy atom. The second kappa shape index (κ2) is 3.98. The summed E-state index contributed by atoms with van der Waals surface area (Å²) in [6.45, 7) is 1.97. The summed E-state index contributed by atoms with van der Waals surface area (Å²) in [7, 11) is 3.25. The molecule has 1 unspecified atom stereocenters. The molecule has 0 spiro atoms. The topological polar surface area (TPSA) is 40.8 Å². The number of rotatable bonds is 2. The molecule has 2 heterocycles. The summed E-state index contributed by atoms with van der Waals surface area (Å²) >= 11 is 0. The normalized spacial score (nSPS) is 17.4. The lowest BCUT2D eigenvalue weighted by Crippen LogP contribution is -2.13. The standard InChI is InChI=1S/C14H14O4/c1-8-4-5-9-11(15-2)10-6-7-17-12(10)14(16-3)13(9)18-8/h4-8H,1-3H3. The molecule has 94 valence electrons. The maximum absolute atomic E-state index is 5.82. The Hall–Kier alpha value is -2.10. The number of hydrogen-bond acceptors (Lipinski definition) is 4. The molecule has 0 bridgehead atoms. The van der Waals surface area contributed by atoms with Crippen LogP contribution < -0.4 is 14.2 Å². The molecule has 2 aromatic rings. The summed E-state index contributed by atoms with van der Waals surface area (Å²) in [5, 5.41) is 0.885. The van der Waals surface area contributed by atoms with Gasteiger partial charge in [0.25, 0.3) is 0 Å². The number of ether oxygens (including phenoxy) is 3. The minimum absolute atomic E-state index is 0.00326. The first-order chi connectivity index (χ1) is 8.76. The van der Waals surface area contributed by atoms with Crippen molar-refractivity contribution in [2.24, 2.45) is 0 Å². The van der Waals surface area contributed by atoms with Crippen LogP contribution in [-0.2, 0) is 0 Å². The molecule has 1 atom stereocenters. The van der Waals surface area contributed by atoms with E-state index in [-0.39, 0.29) is 6.10 Å². The predicted molar refractivity (Wildman–Crippen MR) is 68.4 cm³/mol. The van der Waals surface area contributed by atoms with Gasteiger partial charge in [-0.25, -0.2) is 0 Å². The highest BCUT2D eigenvalue weighted by atomic mass is 16.5. The van der Waals surface area contributed by atoms with Gasteiger partial charge in [0.2, 0.25) is 5.75 Å². The Balaban J connectivity index is 2.41. The molecule has 1 aromatic carbocycles. The summed E-state index contributed by atoms with van der Waals surface area (Å²) in [6.07, 6.45) is 5.60. The molecule has 1 aromatic heterocycles. The van der Waals surface area contributed by atoms with E-state index in [2.05, 4.69) is 0 Å². The molecular formula is C14H14O4. The van der Waals surface area contributed by atoms with Crippen LogP contribution in [-0.4, -0.2) is 20.3 Å². The molecular weight excluding hydrogens is 232 g/mol. The van der Waals surface area contributed by atoms with Gasteiger partial charge >= 0.3 is 0 Å². The molecule has 4 heteroatoms. The van der Waals surface area contributed by atoms with Crippen molar-refractivity contribution in [3.8, 4) is 17.2 Å². The number of methoxy groups -OCH3 is 2. The Morgan fingerprint density at radius 1 is 1.17 bits per heavy atom. The zero-order chi connectivity index (χ0) is 12.7. The summed E-state index contributed by atoms with van der Waals surface area (Å²) in [6, 6.07) is 1.86. The van der Waals surface area contributed by atoms with Crippen molar-refractivity contribution in [2.75, 3.05) is 14.2 Å². The summed E-state index contributed by atoms with van der Waals surface area (Å²) in [5.74, 6) is 2.03. The van der Waals surface area contributed by atoms with Crippen LogP contribution in [0.4, 0.5) is 0 Å². The SMILES string of the molecule is COc1c2c(c(OC)c3occc13)OC(C)C=C2. The lowest BCUT2D eigenvalue weighted by molar-refractivity contribution is 0.249. The summed E-state index contributed by atoms with van der Waals surface area (Å²) in [5.41, 5.74) is 1.54. The minimum atomic E-state index is 0.00326. The second-order valence-electron chi connectivity index (χ2n) is 4.15. The minimum Gasteiger partial charge on any atom is -0.495 e. The van der Waals surface area contributed by atoms with Gasteiger partial charge in [-0.1, -0.05) is 0 Å². The monoisotopic (exact) mass is 246 g/mol. The van der Waals surface area contributed by atoms with Gasteiger partial charge in [-0.05, 0) is 25.1 Å². The Labute approximate surface area is 105 Å². The molecule has 0 amide bonds. The third-order valence-electron chi connectivity index (χ3n) is 3.06. The Morgan fingerprint density at radius 3 is 2.67 bits per heavy atom. The van der Waals surface area contributed by atoms with Crippen LogP contribution in [0.1, 0.15) is 12.5 Å². The Bertz CT molecular complexity index is 624. The quantitative estimate of drug-likeness (QED) is 0.815. The van der Waals surface area contributed by atoms with Gasteiger partial charge < -0.3 is 18.6 Å². The second-order valence-corrected chi connectivity index (χ2v) is 4.15. The molecule has 3 rings (SSSR count). The lowest BCUT2D eigenvalue weighted by atomic mass is 10.0. The first kappa shape index (κ1) is 11.0. The maximum atomic E-state index is 5.82. The third-order valence-corrected chi connectivity index (χ3v) is 3.06. The highest BCUT2D eigenvalue weighted by Crippen LogP contribution is 2.48. The molecule has 0 radical (unpaired) electrons. The molecule has 18 heavy (non-hydrogen) atoms. The average Bonchev–Trinajstić information content (AvgIpc) is 2.84. The molecule has 1 aliphatic heterocycles. The number of fused-ring (bicyclic) bond motifs is 2. The first-order valence-corrected chi connectivity index (χ1v) is 5.76. The fourth-order valence-corrected chi connectivity index (χ4v) is 2.27. The number of furan rings is 1. The van der Waals surface area contributed by atoms with E-state index >= 15 is 0 Å². The first-order valence-electron chi connectivity index (χ1n) is 5.76. The van der Waals surface area contributed by atoms with Crippen LogP contribution >= 0.6 is 0 Å². The fraction of sp³-hybridized carbons (Fsp3) is 0.286. The van der Waals surface area contributed by atoms with Crippen LogP contribution in [0.2, 0.25) is 0 Å². The molecule has 1 aliphatic rings. The van der Waals surface area contributed by atoms with Gasteiger partial charge in [0.15, 0.2) is 11.3 Å². The third kappa shape index (κ3) is 1.38. The van der Waals surface area contributed by atoms with Gasteiger partial charge in [-0.2, -0.15) is 0 Å². The molecule has 0 aliphatic carbocycles. The largest absolute Gasteiger partial charge is 0.495 e. The zero-order valence-electron chi connectivity index (χ0n) is 10.5.